The van der Waals surface area contributed by atoms with Crippen molar-refractivity contribution >= 4 is 22.5 Å². The Morgan fingerprint density at radius 2 is 2.06 bits per heavy atom. The molecule has 84 valence electrons. The molecule has 0 atom stereocenters. The van der Waals surface area contributed by atoms with Crippen molar-refractivity contribution in [2.45, 2.75) is 6.92 Å². The summed E-state index contributed by atoms with van der Waals surface area (Å²) in [6.45, 7) is 1.81. The van der Waals surface area contributed by atoms with Gasteiger partial charge in [-0.3, -0.25) is 4.79 Å². The Morgan fingerprint density at radius 3 is 2.82 bits per heavy atom. The molecule has 0 bridgehead atoms. The van der Waals surface area contributed by atoms with Crippen molar-refractivity contribution < 1.29 is 9.90 Å². The molecule has 3 rings (SSSR count). The van der Waals surface area contributed by atoms with Gasteiger partial charge in [0.05, 0.1) is 5.56 Å². The lowest BCUT2D eigenvalue weighted by molar-refractivity contribution is 0.100. The standard InChI is InChI=1S/C13H10N2O2/c1-6-7-3-2-4-8-11(7)9(5-10(6)16)12(14)15-13(8)17/h2-5,16H,1H3,(H2,14,15,17). The van der Waals surface area contributed by atoms with Gasteiger partial charge in [-0.1, -0.05) is 12.1 Å². The number of benzene rings is 2. The minimum atomic E-state index is -0.328. The summed E-state index contributed by atoms with van der Waals surface area (Å²) < 4.78 is 0. The molecule has 0 spiro atoms. The highest BCUT2D eigenvalue weighted by Crippen LogP contribution is 2.34. The molecule has 0 aliphatic carbocycles. The lowest BCUT2D eigenvalue weighted by Gasteiger charge is -2.16. The Morgan fingerprint density at radius 1 is 1.29 bits per heavy atom. The van der Waals surface area contributed by atoms with Crippen molar-refractivity contribution in [3.8, 4) is 5.75 Å². The third-order valence-corrected chi connectivity index (χ3v) is 3.13. The number of aryl methyl sites for hydroxylation is 1. The van der Waals surface area contributed by atoms with E-state index < -0.39 is 0 Å². The second kappa shape index (κ2) is 3.07. The smallest absolute Gasteiger partial charge is 0.279 e. The minimum absolute atomic E-state index is 0.161. The van der Waals surface area contributed by atoms with Crippen molar-refractivity contribution in [3.05, 3.63) is 41.0 Å². The highest BCUT2D eigenvalue weighted by molar-refractivity contribution is 6.25. The van der Waals surface area contributed by atoms with Crippen molar-refractivity contribution in [1.82, 2.24) is 0 Å². The zero-order valence-electron chi connectivity index (χ0n) is 9.19. The number of phenolic OH excluding ortho intramolecular Hbond substituents is 1. The lowest BCUT2D eigenvalue weighted by Crippen LogP contribution is -2.21. The van der Waals surface area contributed by atoms with Gasteiger partial charge in [0.25, 0.3) is 5.91 Å². The van der Waals surface area contributed by atoms with E-state index in [9.17, 15) is 9.90 Å². The zero-order chi connectivity index (χ0) is 12.2. The third-order valence-electron chi connectivity index (χ3n) is 3.13. The van der Waals surface area contributed by atoms with E-state index in [2.05, 4.69) is 4.99 Å². The average Bonchev–Trinajstić information content (AvgIpc) is 2.31. The predicted molar refractivity (Wildman–Crippen MR) is 65.4 cm³/mol. The number of hydrogen-bond donors (Lipinski definition) is 2. The van der Waals surface area contributed by atoms with Gasteiger partial charge in [-0.25, -0.2) is 0 Å². The second-order valence-electron chi connectivity index (χ2n) is 4.10. The van der Waals surface area contributed by atoms with Gasteiger partial charge in [0.1, 0.15) is 11.6 Å². The first-order valence-corrected chi connectivity index (χ1v) is 5.23. The Bertz CT molecular complexity index is 702. The van der Waals surface area contributed by atoms with Gasteiger partial charge >= 0.3 is 0 Å². The van der Waals surface area contributed by atoms with Crippen LogP contribution in [0.3, 0.4) is 0 Å². The molecule has 1 amide bonds. The molecule has 0 saturated carbocycles. The fourth-order valence-electron chi connectivity index (χ4n) is 2.22. The number of aromatic hydroxyl groups is 1. The zero-order valence-corrected chi connectivity index (χ0v) is 9.19. The molecule has 3 N–H and O–H groups in total. The van der Waals surface area contributed by atoms with E-state index in [-0.39, 0.29) is 17.5 Å². The van der Waals surface area contributed by atoms with Crippen LogP contribution in [0.4, 0.5) is 0 Å². The average molecular weight is 226 g/mol. The van der Waals surface area contributed by atoms with E-state index in [1.165, 1.54) is 0 Å². The van der Waals surface area contributed by atoms with Crippen LogP contribution in [0.2, 0.25) is 0 Å². The summed E-state index contributed by atoms with van der Waals surface area (Å²) in [7, 11) is 0. The van der Waals surface area contributed by atoms with Crippen LogP contribution in [0.1, 0.15) is 21.5 Å². The Balaban J connectivity index is 2.60. The predicted octanol–water partition coefficient (Wildman–Crippen LogP) is 1.71. The first kappa shape index (κ1) is 9.84. The van der Waals surface area contributed by atoms with Crippen molar-refractivity contribution in [1.29, 1.82) is 0 Å². The number of carbonyl (C=O) groups excluding carboxylic acids is 1. The van der Waals surface area contributed by atoms with E-state index in [0.717, 1.165) is 16.3 Å². The van der Waals surface area contributed by atoms with Gasteiger partial charge in [-0.15, -0.1) is 0 Å². The maximum Gasteiger partial charge on any atom is 0.279 e. The Kier molecular flexibility index (Phi) is 1.78. The van der Waals surface area contributed by atoms with Crippen LogP contribution in [-0.2, 0) is 0 Å². The number of carbonyl (C=O) groups is 1. The van der Waals surface area contributed by atoms with Crippen LogP contribution in [0.15, 0.2) is 29.3 Å². The molecule has 4 nitrogen and oxygen atoms in total. The fourth-order valence-corrected chi connectivity index (χ4v) is 2.22. The number of phenols is 1. The van der Waals surface area contributed by atoms with Crippen molar-refractivity contribution in [2.75, 3.05) is 0 Å². The van der Waals surface area contributed by atoms with E-state index >= 15 is 0 Å². The molecule has 4 heteroatoms. The van der Waals surface area contributed by atoms with Crippen molar-refractivity contribution in [2.24, 2.45) is 10.7 Å². The largest absolute Gasteiger partial charge is 0.508 e. The maximum absolute atomic E-state index is 11.7. The number of amidine groups is 1. The molecular formula is C13H10N2O2. The van der Waals surface area contributed by atoms with Gasteiger partial charge in [0.2, 0.25) is 0 Å². The quantitative estimate of drug-likeness (QED) is 0.718. The summed E-state index contributed by atoms with van der Waals surface area (Å²) in [4.78, 5) is 15.5. The molecule has 2 aromatic carbocycles. The summed E-state index contributed by atoms with van der Waals surface area (Å²) >= 11 is 0. The summed E-state index contributed by atoms with van der Waals surface area (Å²) in [6.07, 6.45) is 0. The van der Waals surface area contributed by atoms with Gasteiger partial charge < -0.3 is 10.8 Å². The first-order valence-electron chi connectivity index (χ1n) is 5.23. The van der Waals surface area contributed by atoms with E-state index in [0.29, 0.717) is 11.1 Å². The summed E-state index contributed by atoms with van der Waals surface area (Å²) in [5.41, 5.74) is 7.64. The van der Waals surface area contributed by atoms with Crippen molar-refractivity contribution in [3.63, 3.8) is 0 Å². The normalized spacial score (nSPS) is 13.9. The number of nitrogens with two attached hydrogens (primary N) is 1. The highest BCUT2D eigenvalue weighted by Gasteiger charge is 2.22. The third kappa shape index (κ3) is 1.18. The Labute approximate surface area is 97.4 Å². The van der Waals surface area contributed by atoms with Crippen LogP contribution in [0.25, 0.3) is 10.8 Å². The molecular weight excluding hydrogens is 216 g/mol. The summed E-state index contributed by atoms with van der Waals surface area (Å²) in [5.74, 6) is -0.00293. The highest BCUT2D eigenvalue weighted by atomic mass is 16.3. The molecule has 0 unspecified atom stereocenters. The molecule has 1 aliphatic heterocycles. The van der Waals surface area contributed by atoms with Gasteiger partial charge in [-0.05, 0) is 30.0 Å². The molecule has 2 aromatic rings. The monoisotopic (exact) mass is 226 g/mol. The van der Waals surface area contributed by atoms with E-state index in [4.69, 9.17) is 5.73 Å². The van der Waals surface area contributed by atoms with Crippen LogP contribution < -0.4 is 5.73 Å². The van der Waals surface area contributed by atoms with Gasteiger partial charge in [0, 0.05) is 10.9 Å². The van der Waals surface area contributed by atoms with Crippen LogP contribution in [0, 0.1) is 6.92 Å². The number of nitrogens with zero attached hydrogens (tertiary/aromatic N) is 1. The summed E-state index contributed by atoms with van der Waals surface area (Å²) in [5, 5.41) is 11.4. The molecule has 17 heavy (non-hydrogen) atoms. The molecule has 0 radical (unpaired) electrons. The molecule has 0 aromatic heterocycles. The Hall–Kier alpha value is -2.36. The lowest BCUT2D eigenvalue weighted by atomic mass is 9.93. The number of amides is 1. The van der Waals surface area contributed by atoms with Crippen LogP contribution in [0.5, 0.6) is 5.75 Å². The molecule has 0 fully saturated rings. The second-order valence-corrected chi connectivity index (χ2v) is 4.10. The van der Waals surface area contributed by atoms with E-state index in [1.54, 1.807) is 18.2 Å². The number of aliphatic imine (C=N–C) groups is 1. The minimum Gasteiger partial charge on any atom is -0.508 e. The van der Waals surface area contributed by atoms with Gasteiger partial charge in [0.15, 0.2) is 0 Å². The SMILES string of the molecule is Cc1c(O)cc2c3c(cccc13)C(=O)N=C2N. The van der Waals surface area contributed by atoms with E-state index in [1.807, 2.05) is 13.0 Å². The summed E-state index contributed by atoms with van der Waals surface area (Å²) in [6, 6.07) is 6.93. The molecule has 1 aliphatic rings. The number of hydrogen-bond acceptors (Lipinski definition) is 3. The first-order chi connectivity index (χ1) is 8.09. The topological polar surface area (TPSA) is 75.7 Å². The maximum atomic E-state index is 11.7. The number of rotatable bonds is 0. The van der Waals surface area contributed by atoms with Gasteiger partial charge in [-0.2, -0.15) is 4.99 Å². The molecule has 1 heterocycles. The van der Waals surface area contributed by atoms with Crippen LogP contribution >= 0.6 is 0 Å². The molecule has 0 saturated heterocycles. The fraction of sp³-hybridized carbons (Fsp3) is 0.0769. The van der Waals surface area contributed by atoms with Crippen LogP contribution in [-0.4, -0.2) is 16.8 Å².